The highest BCUT2D eigenvalue weighted by Gasteiger charge is 2.31. The molecule has 1 unspecified atom stereocenters. The molecule has 1 aromatic heterocycles. The monoisotopic (exact) mass is 419 g/mol. The van der Waals surface area contributed by atoms with Gasteiger partial charge in [0.2, 0.25) is 11.8 Å². The highest BCUT2D eigenvalue weighted by atomic mass is 19.1. The Kier molecular flexibility index (Phi) is 6.03. The molecule has 0 aliphatic heterocycles. The average Bonchev–Trinajstić information content (AvgIpc) is 2.79. The third-order valence-corrected chi connectivity index (χ3v) is 5.82. The number of aryl methyl sites for hydroxylation is 1. The van der Waals surface area contributed by atoms with Gasteiger partial charge in [-0.2, -0.15) is 4.98 Å². The number of nitrogens with one attached hydrogen (secondary N) is 1. The Hall–Kier alpha value is -3.21. The molecule has 0 bridgehead atoms. The molecular weight excluding hydrogens is 389 g/mol. The van der Waals surface area contributed by atoms with E-state index in [0.29, 0.717) is 31.4 Å². The molecule has 4 nitrogen and oxygen atoms in total. The summed E-state index contributed by atoms with van der Waals surface area (Å²) >= 11 is 0. The number of anilines is 1. The number of hydrogen-bond acceptors (Lipinski definition) is 4. The Labute approximate surface area is 184 Å². The van der Waals surface area contributed by atoms with E-state index in [1.165, 1.54) is 23.3 Å². The summed E-state index contributed by atoms with van der Waals surface area (Å²) in [5, 5.41) is 3.33. The number of benzene rings is 2. The van der Waals surface area contributed by atoms with Crippen LogP contribution in [-0.4, -0.2) is 16.6 Å². The Bertz CT molecular complexity index is 1080. The Morgan fingerprint density at radius 1 is 1.03 bits per heavy atom. The quantitative estimate of drug-likeness (QED) is 0.513. The minimum atomic E-state index is -0.272. The summed E-state index contributed by atoms with van der Waals surface area (Å²) in [6, 6.07) is 15.2. The SMILES string of the molecule is CCOc1nc(NCc2ccc(CC)cc2)nc2c1CC(C)(c1ccc(F)cc1)C=C2.[HH]. The highest BCUT2D eigenvalue weighted by Crippen LogP contribution is 2.38. The number of rotatable bonds is 7. The minimum Gasteiger partial charge on any atom is -0.478 e. The fourth-order valence-corrected chi connectivity index (χ4v) is 3.91. The van der Waals surface area contributed by atoms with Crippen LogP contribution in [0, 0.1) is 5.82 Å². The van der Waals surface area contributed by atoms with Crippen molar-refractivity contribution in [3.8, 4) is 5.88 Å². The number of fused-ring (bicyclic) bond motifs is 1. The summed E-state index contributed by atoms with van der Waals surface area (Å²) in [4.78, 5) is 9.39. The third kappa shape index (κ3) is 4.61. The molecule has 31 heavy (non-hydrogen) atoms. The third-order valence-electron chi connectivity index (χ3n) is 5.82. The molecule has 4 rings (SSSR count). The zero-order valence-electron chi connectivity index (χ0n) is 18.3. The van der Waals surface area contributed by atoms with Crippen LogP contribution in [0.2, 0.25) is 0 Å². The summed E-state index contributed by atoms with van der Waals surface area (Å²) in [6.45, 7) is 7.41. The van der Waals surface area contributed by atoms with Gasteiger partial charge < -0.3 is 10.1 Å². The van der Waals surface area contributed by atoms with Crippen LogP contribution in [0.3, 0.4) is 0 Å². The predicted octanol–water partition coefficient (Wildman–Crippen LogP) is 5.96. The van der Waals surface area contributed by atoms with Crippen LogP contribution in [0.4, 0.5) is 10.3 Å². The smallest absolute Gasteiger partial charge is 0.226 e. The van der Waals surface area contributed by atoms with E-state index in [2.05, 4.69) is 54.5 Å². The van der Waals surface area contributed by atoms with E-state index in [0.717, 1.165) is 23.2 Å². The van der Waals surface area contributed by atoms with Crippen molar-refractivity contribution in [2.75, 3.05) is 11.9 Å². The first-order chi connectivity index (χ1) is 15.0. The Morgan fingerprint density at radius 2 is 1.74 bits per heavy atom. The van der Waals surface area contributed by atoms with Gasteiger partial charge in [0.15, 0.2) is 0 Å². The first-order valence-electron chi connectivity index (χ1n) is 10.8. The molecule has 1 aliphatic carbocycles. The van der Waals surface area contributed by atoms with Crippen molar-refractivity contribution in [1.82, 2.24) is 9.97 Å². The molecule has 1 heterocycles. The van der Waals surface area contributed by atoms with E-state index in [1.807, 2.05) is 25.1 Å². The van der Waals surface area contributed by atoms with E-state index in [-0.39, 0.29) is 12.7 Å². The number of allylic oxidation sites excluding steroid dienone is 1. The lowest BCUT2D eigenvalue weighted by Gasteiger charge is -2.31. The number of ether oxygens (including phenoxy) is 1. The summed E-state index contributed by atoms with van der Waals surface area (Å²) in [5.41, 5.74) is 5.12. The van der Waals surface area contributed by atoms with Crippen LogP contribution in [0.25, 0.3) is 6.08 Å². The van der Waals surface area contributed by atoms with Crippen molar-refractivity contribution in [2.24, 2.45) is 0 Å². The lowest BCUT2D eigenvalue weighted by atomic mass is 9.74. The lowest BCUT2D eigenvalue weighted by Crippen LogP contribution is -2.26. The Morgan fingerprint density at radius 3 is 2.42 bits per heavy atom. The summed E-state index contributed by atoms with van der Waals surface area (Å²) < 4.78 is 19.3. The van der Waals surface area contributed by atoms with Gasteiger partial charge in [-0.15, -0.1) is 0 Å². The maximum atomic E-state index is 13.4. The molecule has 0 fully saturated rings. The molecule has 3 aromatic rings. The van der Waals surface area contributed by atoms with Crippen LogP contribution < -0.4 is 10.1 Å². The van der Waals surface area contributed by atoms with Crippen LogP contribution in [-0.2, 0) is 24.8 Å². The van der Waals surface area contributed by atoms with Crippen LogP contribution >= 0.6 is 0 Å². The summed E-state index contributed by atoms with van der Waals surface area (Å²) in [7, 11) is 0. The van der Waals surface area contributed by atoms with E-state index < -0.39 is 0 Å². The van der Waals surface area contributed by atoms with Crippen molar-refractivity contribution in [3.05, 3.63) is 88.4 Å². The number of aromatic nitrogens is 2. The molecule has 0 saturated carbocycles. The average molecular weight is 420 g/mol. The fourth-order valence-electron chi connectivity index (χ4n) is 3.91. The van der Waals surface area contributed by atoms with Gasteiger partial charge in [0, 0.05) is 18.9 Å². The first kappa shape index (κ1) is 21.0. The second kappa shape index (κ2) is 8.88. The maximum Gasteiger partial charge on any atom is 0.226 e. The predicted molar refractivity (Wildman–Crippen MR) is 125 cm³/mol. The molecule has 1 atom stereocenters. The molecule has 0 radical (unpaired) electrons. The van der Waals surface area contributed by atoms with Gasteiger partial charge in [-0.1, -0.05) is 56.3 Å². The fraction of sp³-hybridized carbons (Fsp3) is 0.308. The zero-order valence-corrected chi connectivity index (χ0v) is 18.3. The molecular formula is C26H30FN3O. The van der Waals surface area contributed by atoms with Crippen molar-refractivity contribution >= 4 is 12.0 Å². The van der Waals surface area contributed by atoms with E-state index in [9.17, 15) is 4.39 Å². The lowest BCUT2D eigenvalue weighted by molar-refractivity contribution is 0.320. The number of hydrogen-bond donors (Lipinski definition) is 1. The molecule has 1 aliphatic rings. The molecule has 0 amide bonds. The number of nitrogens with zero attached hydrogens (tertiary/aromatic N) is 2. The van der Waals surface area contributed by atoms with Gasteiger partial charge in [-0.25, -0.2) is 9.37 Å². The van der Waals surface area contributed by atoms with Crippen LogP contribution in [0.5, 0.6) is 5.88 Å². The summed E-state index contributed by atoms with van der Waals surface area (Å²) in [6.07, 6.45) is 5.88. The normalized spacial score (nSPS) is 17.3. The standard InChI is InChI=1S/C26H28FN3O.H2/c1-4-18-6-8-19(9-7-18)17-28-25-29-23-14-15-26(3,20-10-12-21(27)13-11-20)16-22(23)24(30-25)31-5-2;/h6-15H,4-5,16-17H2,1-3H3,(H,28,29,30);1H. The van der Waals surface area contributed by atoms with Crippen LogP contribution in [0.15, 0.2) is 54.6 Å². The molecule has 1 N–H and O–H groups in total. The van der Waals surface area contributed by atoms with E-state index in [1.54, 1.807) is 0 Å². The van der Waals surface area contributed by atoms with Crippen molar-refractivity contribution in [2.45, 2.75) is 45.6 Å². The van der Waals surface area contributed by atoms with E-state index in [4.69, 9.17) is 9.72 Å². The second-order valence-corrected chi connectivity index (χ2v) is 8.11. The van der Waals surface area contributed by atoms with Gasteiger partial charge in [-0.3, -0.25) is 0 Å². The van der Waals surface area contributed by atoms with Crippen molar-refractivity contribution in [1.29, 1.82) is 0 Å². The van der Waals surface area contributed by atoms with E-state index >= 15 is 0 Å². The molecule has 0 spiro atoms. The second-order valence-electron chi connectivity index (χ2n) is 8.11. The molecule has 2 aromatic carbocycles. The minimum absolute atomic E-state index is 0. The molecule has 162 valence electrons. The largest absolute Gasteiger partial charge is 0.478 e. The topological polar surface area (TPSA) is 47.0 Å². The molecule has 5 heteroatoms. The van der Waals surface area contributed by atoms with Gasteiger partial charge >= 0.3 is 0 Å². The van der Waals surface area contributed by atoms with Crippen molar-refractivity contribution < 1.29 is 10.6 Å². The van der Waals surface area contributed by atoms with Gasteiger partial charge in [0.05, 0.1) is 12.3 Å². The highest BCUT2D eigenvalue weighted by molar-refractivity contribution is 5.61. The maximum absolute atomic E-state index is 13.4. The Balaban J connectivity index is 0.00000289. The van der Waals surface area contributed by atoms with Gasteiger partial charge in [-0.05, 0) is 54.7 Å². The summed E-state index contributed by atoms with van der Waals surface area (Å²) in [5.74, 6) is 0.928. The van der Waals surface area contributed by atoms with Crippen LogP contribution in [0.1, 0.15) is 50.1 Å². The first-order valence-corrected chi connectivity index (χ1v) is 10.8. The van der Waals surface area contributed by atoms with Gasteiger partial charge in [0.1, 0.15) is 5.82 Å². The molecule has 0 saturated heterocycles. The number of halogens is 1. The van der Waals surface area contributed by atoms with Gasteiger partial charge in [0.25, 0.3) is 0 Å². The zero-order chi connectivity index (χ0) is 21.8. The van der Waals surface area contributed by atoms with Crippen molar-refractivity contribution in [3.63, 3.8) is 0 Å².